The Labute approximate surface area is 151 Å². The number of amides is 2. The summed E-state index contributed by atoms with van der Waals surface area (Å²) in [5, 5.41) is 2.83. The highest BCUT2D eigenvalue weighted by atomic mass is 16.5. The van der Waals surface area contributed by atoms with Crippen LogP contribution >= 0.6 is 0 Å². The Balaban J connectivity index is 1.39. The molecule has 0 spiro atoms. The zero-order valence-electron chi connectivity index (χ0n) is 14.5. The lowest BCUT2D eigenvalue weighted by Gasteiger charge is -2.32. The number of nitrogens with zero attached hydrogens (tertiary/aromatic N) is 3. The van der Waals surface area contributed by atoms with Crippen molar-refractivity contribution in [2.24, 2.45) is 5.92 Å². The molecule has 2 aromatic rings. The van der Waals surface area contributed by atoms with Crippen LogP contribution in [0, 0.1) is 5.92 Å². The molecule has 1 N–H and O–H groups in total. The number of ether oxygens (including phenoxy) is 1. The zero-order valence-corrected chi connectivity index (χ0v) is 14.5. The topological polar surface area (TPSA) is 89.6 Å². The van der Waals surface area contributed by atoms with Crippen molar-refractivity contribution >= 4 is 11.8 Å². The molecule has 0 aliphatic carbocycles. The van der Waals surface area contributed by atoms with Crippen LogP contribution in [-0.2, 0) is 29.0 Å². The van der Waals surface area contributed by atoms with Gasteiger partial charge in [0.2, 0.25) is 5.91 Å². The molecule has 0 aromatic carbocycles. The van der Waals surface area contributed by atoms with Crippen LogP contribution in [0.5, 0.6) is 0 Å². The van der Waals surface area contributed by atoms with Crippen molar-refractivity contribution in [1.29, 1.82) is 0 Å². The molecule has 0 radical (unpaired) electrons. The first-order valence-corrected chi connectivity index (χ1v) is 8.93. The molecule has 4 heterocycles. The van der Waals surface area contributed by atoms with E-state index in [0.717, 1.165) is 12.1 Å². The number of fused-ring (bicyclic) bond motifs is 1. The number of furan rings is 1. The average Bonchev–Trinajstić information content (AvgIpc) is 3.35. The second-order valence-electron chi connectivity index (χ2n) is 6.63. The molecular weight excluding hydrogens is 336 g/mol. The van der Waals surface area contributed by atoms with Crippen molar-refractivity contribution in [3.8, 4) is 0 Å². The van der Waals surface area contributed by atoms with Crippen LogP contribution in [0.25, 0.3) is 0 Å². The van der Waals surface area contributed by atoms with Gasteiger partial charge in [0.05, 0.1) is 44.0 Å². The normalized spacial score (nSPS) is 19.8. The summed E-state index contributed by atoms with van der Waals surface area (Å²) in [5.41, 5.74) is 1.34. The minimum absolute atomic E-state index is 0.0613. The van der Waals surface area contributed by atoms with E-state index in [1.54, 1.807) is 18.7 Å². The predicted octanol–water partition coefficient (Wildman–Crippen LogP) is 0.827. The van der Waals surface area contributed by atoms with Gasteiger partial charge in [-0.2, -0.15) is 0 Å². The molecule has 1 unspecified atom stereocenters. The van der Waals surface area contributed by atoms with Gasteiger partial charge in [0, 0.05) is 19.6 Å². The molecule has 26 heavy (non-hydrogen) atoms. The summed E-state index contributed by atoms with van der Waals surface area (Å²) >= 11 is 0. The number of carbonyl (C=O) groups excluding carboxylic acids is 2. The second kappa shape index (κ2) is 7.33. The van der Waals surface area contributed by atoms with Gasteiger partial charge in [-0.25, -0.2) is 4.98 Å². The van der Waals surface area contributed by atoms with E-state index >= 15 is 0 Å². The van der Waals surface area contributed by atoms with E-state index in [1.807, 2.05) is 15.5 Å². The molecule has 0 saturated carbocycles. The third-order valence-electron chi connectivity index (χ3n) is 4.98. The number of hydrogen-bond acceptors (Lipinski definition) is 5. The fourth-order valence-electron chi connectivity index (χ4n) is 3.56. The molecule has 8 heteroatoms. The van der Waals surface area contributed by atoms with Crippen LogP contribution in [0.15, 0.2) is 29.1 Å². The van der Waals surface area contributed by atoms with Crippen molar-refractivity contribution in [1.82, 2.24) is 19.8 Å². The summed E-state index contributed by atoms with van der Waals surface area (Å²) in [4.78, 5) is 31.3. The highest BCUT2D eigenvalue weighted by molar-refractivity contribution is 5.93. The van der Waals surface area contributed by atoms with Gasteiger partial charge < -0.3 is 23.9 Å². The molecule has 2 aliphatic heterocycles. The Kier molecular flexibility index (Phi) is 4.75. The van der Waals surface area contributed by atoms with Gasteiger partial charge in [0.25, 0.3) is 5.91 Å². The van der Waals surface area contributed by atoms with Crippen molar-refractivity contribution in [3.63, 3.8) is 0 Å². The first-order valence-electron chi connectivity index (χ1n) is 8.93. The van der Waals surface area contributed by atoms with E-state index in [2.05, 4.69) is 10.3 Å². The quantitative estimate of drug-likeness (QED) is 0.874. The molecule has 0 bridgehead atoms. The van der Waals surface area contributed by atoms with E-state index in [4.69, 9.17) is 9.15 Å². The fourth-order valence-corrected chi connectivity index (χ4v) is 3.56. The molecule has 8 nitrogen and oxygen atoms in total. The zero-order chi connectivity index (χ0) is 17.9. The van der Waals surface area contributed by atoms with Gasteiger partial charge >= 0.3 is 0 Å². The van der Waals surface area contributed by atoms with Crippen LogP contribution in [0.4, 0.5) is 0 Å². The molecule has 138 valence electrons. The number of morpholine rings is 1. The molecule has 1 saturated heterocycles. The lowest BCUT2D eigenvalue weighted by Crippen LogP contribution is -2.45. The number of hydrogen-bond donors (Lipinski definition) is 1. The van der Waals surface area contributed by atoms with Crippen LogP contribution in [0.2, 0.25) is 0 Å². The Morgan fingerprint density at radius 1 is 1.31 bits per heavy atom. The van der Waals surface area contributed by atoms with Crippen molar-refractivity contribution in [2.45, 2.75) is 25.9 Å². The number of imidazole rings is 1. The molecule has 1 atom stereocenters. The summed E-state index contributed by atoms with van der Waals surface area (Å²) < 4.78 is 12.5. The maximum Gasteiger partial charge on any atom is 0.272 e. The summed E-state index contributed by atoms with van der Waals surface area (Å²) in [6, 6.07) is 3.59. The molecular formula is C18H22N4O4. The minimum atomic E-state index is -0.215. The van der Waals surface area contributed by atoms with E-state index in [9.17, 15) is 9.59 Å². The van der Waals surface area contributed by atoms with E-state index in [-0.39, 0.29) is 17.7 Å². The average molecular weight is 358 g/mol. The monoisotopic (exact) mass is 358 g/mol. The standard InChI is InChI=1S/C18H22N4O4/c23-17(19-10-14-2-1-7-26-14)16-15-4-3-13(11-22(15)12-20-16)18(24)21-5-8-25-9-6-21/h1-2,7,12-13H,3-6,8-11H2,(H,19,23). The Hall–Kier alpha value is -2.61. The molecule has 2 aromatic heterocycles. The SMILES string of the molecule is O=C(NCc1ccco1)c1ncn2c1CCC(C(=O)N1CCOCC1)C2. The summed E-state index contributed by atoms with van der Waals surface area (Å²) in [5.74, 6) is 0.598. The Morgan fingerprint density at radius 2 is 2.15 bits per heavy atom. The number of carbonyl (C=O) groups is 2. The summed E-state index contributed by atoms with van der Waals surface area (Å²) in [6.07, 6.45) is 4.64. The number of rotatable bonds is 4. The highest BCUT2D eigenvalue weighted by Gasteiger charge is 2.31. The van der Waals surface area contributed by atoms with Gasteiger partial charge in [0.15, 0.2) is 0 Å². The number of nitrogens with one attached hydrogen (secondary N) is 1. The highest BCUT2D eigenvalue weighted by Crippen LogP contribution is 2.24. The van der Waals surface area contributed by atoms with Gasteiger partial charge in [-0.1, -0.05) is 0 Å². The van der Waals surface area contributed by atoms with Gasteiger partial charge in [-0.05, 0) is 25.0 Å². The predicted molar refractivity (Wildman–Crippen MR) is 91.3 cm³/mol. The molecule has 2 aliphatic rings. The molecule has 1 fully saturated rings. The third-order valence-corrected chi connectivity index (χ3v) is 4.98. The maximum absolute atomic E-state index is 12.7. The van der Waals surface area contributed by atoms with E-state index in [0.29, 0.717) is 57.3 Å². The third kappa shape index (κ3) is 3.37. The largest absolute Gasteiger partial charge is 0.467 e. The van der Waals surface area contributed by atoms with E-state index in [1.165, 1.54) is 0 Å². The maximum atomic E-state index is 12.7. The second-order valence-corrected chi connectivity index (χ2v) is 6.63. The first kappa shape index (κ1) is 16.8. The fraction of sp³-hybridized carbons (Fsp3) is 0.500. The number of aromatic nitrogens is 2. The van der Waals surface area contributed by atoms with Crippen LogP contribution in [-0.4, -0.2) is 52.6 Å². The smallest absolute Gasteiger partial charge is 0.272 e. The Morgan fingerprint density at radius 3 is 2.92 bits per heavy atom. The van der Waals surface area contributed by atoms with Crippen LogP contribution in [0.1, 0.15) is 28.4 Å². The lowest BCUT2D eigenvalue weighted by atomic mass is 9.95. The van der Waals surface area contributed by atoms with Crippen molar-refractivity contribution in [3.05, 3.63) is 41.9 Å². The summed E-state index contributed by atoms with van der Waals surface area (Å²) in [7, 11) is 0. The van der Waals surface area contributed by atoms with Gasteiger partial charge in [-0.15, -0.1) is 0 Å². The molecule has 2 amide bonds. The minimum Gasteiger partial charge on any atom is -0.467 e. The van der Waals surface area contributed by atoms with Gasteiger partial charge in [-0.3, -0.25) is 9.59 Å². The Bertz CT molecular complexity index is 777. The van der Waals surface area contributed by atoms with Crippen LogP contribution in [0.3, 0.4) is 0 Å². The first-order chi connectivity index (χ1) is 12.7. The summed E-state index contributed by atoms with van der Waals surface area (Å²) in [6.45, 7) is 3.43. The van der Waals surface area contributed by atoms with Gasteiger partial charge in [0.1, 0.15) is 11.5 Å². The lowest BCUT2D eigenvalue weighted by molar-refractivity contribution is -0.140. The van der Waals surface area contributed by atoms with Crippen molar-refractivity contribution in [2.75, 3.05) is 26.3 Å². The van der Waals surface area contributed by atoms with Crippen LogP contribution < -0.4 is 5.32 Å². The molecule has 4 rings (SSSR count). The van der Waals surface area contributed by atoms with E-state index < -0.39 is 0 Å². The van der Waals surface area contributed by atoms with Crippen molar-refractivity contribution < 1.29 is 18.7 Å².